The first kappa shape index (κ1) is 68.1. The van der Waals surface area contributed by atoms with Crippen molar-refractivity contribution in [1.82, 2.24) is 0 Å². The third kappa shape index (κ3) is 21.4. The summed E-state index contributed by atoms with van der Waals surface area (Å²) in [4.78, 5) is 0. The quantitative estimate of drug-likeness (QED) is 0.0855. The summed E-state index contributed by atoms with van der Waals surface area (Å²) in [6.07, 6.45) is 28.7. The minimum Gasteiger partial charge on any atom is -0.381 e. The van der Waals surface area contributed by atoms with Gasteiger partial charge in [0.05, 0.1) is 82.9 Å². The molecule has 6 saturated heterocycles. The minimum absolute atomic E-state index is 0.251. The van der Waals surface area contributed by atoms with Gasteiger partial charge in [0.2, 0.25) is 0 Å². The Labute approximate surface area is 497 Å². The van der Waals surface area contributed by atoms with Crippen molar-refractivity contribution in [3.05, 3.63) is 0 Å². The third-order valence-electron chi connectivity index (χ3n) is 21.2. The number of hydrogen-bond donors (Lipinski definition) is 0. The van der Waals surface area contributed by atoms with E-state index in [1.54, 1.807) is 0 Å². The van der Waals surface area contributed by atoms with Gasteiger partial charge < -0.3 is 52.1 Å². The molecule has 0 aromatic heterocycles. The van der Waals surface area contributed by atoms with Gasteiger partial charge in [0.15, 0.2) is 0 Å². The van der Waals surface area contributed by atoms with Crippen LogP contribution in [0.1, 0.15) is 253 Å². The lowest BCUT2D eigenvalue weighted by atomic mass is 9.77. The molecule has 12 fully saturated rings. The fraction of sp³-hybridized carbons (Fsp3) is 1.00. The Hall–Kier alpha value is -0.440. The lowest BCUT2D eigenvalue weighted by Crippen LogP contribution is -2.27. The van der Waals surface area contributed by atoms with Gasteiger partial charge in [0, 0.05) is 52.9 Å². The normalized spacial score (nSPS) is 42.6. The summed E-state index contributed by atoms with van der Waals surface area (Å²) < 4.78 is 62.3. The van der Waals surface area contributed by atoms with Crippen LogP contribution in [0, 0.1) is 58.7 Å². The van der Waals surface area contributed by atoms with E-state index in [4.69, 9.17) is 52.1 Å². The van der Waals surface area contributed by atoms with E-state index < -0.39 is 0 Å². The number of rotatable bonds is 20. The molecule has 6 aliphatic carbocycles. The molecule has 11 heteroatoms. The standard InChI is InChI=1S/2C13H24O2.C12H22O2.2C11H20O2.C10H18O/c1-12(2,3)9-14-8-10-5-6-13(4)11(7-10)15-13;1-4-7-14-9-10(2)11-5-6-13(3)12(8-11)15-13;1-9(2)7-13-8-10-4-5-12(3)11(6-10)14-12;1-8(2)12-7-9-4-5-11(3)10(6-9)13-11;1-3-6-12-8-9-4-5-11(2)10(7-9)13-11;1-7(2)8-4-5-10(3)9(6-8)11-10/h10-11H,5-9H2,1-4H3;10-12H,4-9H2,1-3H3;9-11H,4-8H2,1-3H3;8-10H,4-7H2,1-3H3;9-10H,3-8H2,1-2H3;7-9H,4-6H2,1-3H3. The number of fused-ring (bicyclic) bond motifs is 6. The van der Waals surface area contributed by atoms with E-state index in [-0.39, 0.29) is 28.0 Å². The topological polar surface area (TPSA) is 121 Å². The molecule has 0 aromatic rings. The summed E-state index contributed by atoms with van der Waals surface area (Å²) in [6.45, 7) is 48.3. The highest BCUT2D eigenvalue weighted by Crippen LogP contribution is 2.54. The summed E-state index contributed by atoms with van der Waals surface area (Å²) >= 11 is 0. The van der Waals surface area contributed by atoms with Crippen molar-refractivity contribution in [3.63, 3.8) is 0 Å². The van der Waals surface area contributed by atoms with Crippen molar-refractivity contribution in [1.29, 1.82) is 0 Å². The molecule has 12 rings (SSSR count). The molecule has 474 valence electrons. The molecule has 0 radical (unpaired) electrons. The van der Waals surface area contributed by atoms with Crippen LogP contribution >= 0.6 is 0 Å². The van der Waals surface area contributed by atoms with Gasteiger partial charge in [-0.05, 0) is 242 Å². The SMILES string of the molecule is CC(C)(C)COCC1CCC2(C)OC2C1.CC(C)C1CCC2(C)OC2C1.CC(C)COCC1CCC2(C)OC2C1.CC(C)OCC1CCC2(C)OC2C1.CCCOCC(C)C1CCC2(C)OC2C1.CCCOCC1CCC2(C)OC2C1. The van der Waals surface area contributed by atoms with Crippen LogP contribution in [-0.4, -0.2) is 136 Å². The fourth-order valence-corrected chi connectivity index (χ4v) is 14.2. The first-order valence-electron chi connectivity index (χ1n) is 34.1. The van der Waals surface area contributed by atoms with E-state index in [9.17, 15) is 0 Å². The van der Waals surface area contributed by atoms with Crippen LogP contribution in [0.15, 0.2) is 0 Å². The molecular formula is C70H128O11. The van der Waals surface area contributed by atoms with Gasteiger partial charge in [-0.25, -0.2) is 0 Å². The zero-order chi connectivity index (χ0) is 59.0. The molecule has 12 aliphatic rings. The van der Waals surface area contributed by atoms with Crippen molar-refractivity contribution < 1.29 is 52.1 Å². The average molecular weight is 1150 g/mol. The molecular weight excluding hydrogens is 1020 g/mol. The number of epoxide rings is 6. The Morgan fingerprint density at radius 1 is 0.407 bits per heavy atom. The van der Waals surface area contributed by atoms with Crippen molar-refractivity contribution in [2.75, 3.05) is 59.5 Å². The maximum atomic E-state index is 5.78. The monoisotopic (exact) mass is 1140 g/mol. The number of hydrogen-bond acceptors (Lipinski definition) is 11. The van der Waals surface area contributed by atoms with Gasteiger partial charge in [-0.15, -0.1) is 0 Å². The molecule has 0 aromatic carbocycles. The van der Waals surface area contributed by atoms with Gasteiger partial charge in [0.1, 0.15) is 0 Å². The fourth-order valence-electron chi connectivity index (χ4n) is 14.2. The summed E-state index contributed by atoms with van der Waals surface area (Å²) in [5.74, 6) is 6.92. The van der Waals surface area contributed by atoms with Gasteiger partial charge in [-0.2, -0.15) is 0 Å². The van der Waals surface area contributed by atoms with Gasteiger partial charge in [-0.3, -0.25) is 0 Å². The van der Waals surface area contributed by atoms with Crippen molar-refractivity contribution in [3.8, 4) is 0 Å². The second-order valence-electron chi connectivity index (χ2n) is 31.9. The van der Waals surface area contributed by atoms with Crippen LogP contribution in [0.2, 0.25) is 0 Å². The predicted molar refractivity (Wildman–Crippen MR) is 327 cm³/mol. The lowest BCUT2D eigenvalue weighted by Gasteiger charge is -2.27. The molecule has 19 atom stereocenters. The summed E-state index contributed by atoms with van der Waals surface area (Å²) in [7, 11) is 0. The Balaban J connectivity index is 0.000000140. The first-order valence-corrected chi connectivity index (χ1v) is 34.1. The Morgan fingerprint density at radius 2 is 0.753 bits per heavy atom. The van der Waals surface area contributed by atoms with Crippen LogP contribution in [0.4, 0.5) is 0 Å². The molecule has 0 amide bonds. The van der Waals surface area contributed by atoms with E-state index in [0.29, 0.717) is 65.6 Å². The lowest BCUT2D eigenvalue weighted by molar-refractivity contribution is 0.0395. The van der Waals surface area contributed by atoms with E-state index >= 15 is 0 Å². The maximum Gasteiger partial charge on any atom is 0.0920 e. The largest absolute Gasteiger partial charge is 0.381 e. The van der Waals surface area contributed by atoms with Crippen LogP contribution < -0.4 is 0 Å². The van der Waals surface area contributed by atoms with Crippen LogP contribution in [0.25, 0.3) is 0 Å². The summed E-state index contributed by atoms with van der Waals surface area (Å²) in [5, 5.41) is 0. The molecule has 81 heavy (non-hydrogen) atoms. The second-order valence-corrected chi connectivity index (χ2v) is 31.9. The molecule has 0 N–H and O–H groups in total. The van der Waals surface area contributed by atoms with Crippen molar-refractivity contribution in [2.45, 2.75) is 329 Å². The predicted octanol–water partition coefficient (Wildman–Crippen LogP) is 16.0. The summed E-state index contributed by atoms with van der Waals surface area (Å²) in [5.41, 5.74) is 1.90. The molecule has 6 aliphatic heterocycles. The Kier molecular flexibility index (Phi) is 24.6. The summed E-state index contributed by atoms with van der Waals surface area (Å²) in [6, 6.07) is 0. The van der Waals surface area contributed by atoms with Crippen molar-refractivity contribution in [2.24, 2.45) is 58.7 Å². The Morgan fingerprint density at radius 3 is 1.11 bits per heavy atom. The highest BCUT2D eigenvalue weighted by atomic mass is 16.6. The molecule has 11 nitrogen and oxygen atoms in total. The zero-order valence-corrected chi connectivity index (χ0v) is 55.7. The van der Waals surface area contributed by atoms with E-state index in [1.807, 2.05) is 0 Å². The van der Waals surface area contributed by atoms with Gasteiger partial charge >= 0.3 is 0 Å². The first-order chi connectivity index (χ1) is 38.1. The smallest absolute Gasteiger partial charge is 0.0920 e. The van der Waals surface area contributed by atoms with Gasteiger partial charge in [0.25, 0.3) is 0 Å². The second kappa shape index (κ2) is 29.3. The maximum absolute atomic E-state index is 5.78. The van der Waals surface area contributed by atoms with Crippen molar-refractivity contribution >= 4 is 0 Å². The van der Waals surface area contributed by atoms with E-state index in [1.165, 1.54) is 116 Å². The Bertz CT molecular complexity index is 1860. The molecule has 6 saturated carbocycles. The zero-order valence-electron chi connectivity index (χ0n) is 55.7. The third-order valence-corrected chi connectivity index (χ3v) is 21.2. The van der Waals surface area contributed by atoms with Crippen LogP contribution in [-0.2, 0) is 52.1 Å². The van der Waals surface area contributed by atoms with Gasteiger partial charge in [-0.1, -0.05) is 69.2 Å². The average Bonchev–Trinajstić information content (AvgIpc) is 4.28. The molecule has 0 spiro atoms. The highest BCUT2D eigenvalue weighted by Gasteiger charge is 2.59. The van der Waals surface area contributed by atoms with Crippen LogP contribution in [0.3, 0.4) is 0 Å². The molecule has 6 heterocycles. The molecule has 19 unspecified atom stereocenters. The molecule has 0 bridgehead atoms. The van der Waals surface area contributed by atoms with E-state index in [2.05, 4.69) is 125 Å². The minimum atomic E-state index is 0.251. The number of ether oxygens (including phenoxy) is 11. The van der Waals surface area contributed by atoms with E-state index in [0.717, 1.165) is 114 Å². The van der Waals surface area contributed by atoms with Crippen LogP contribution in [0.5, 0.6) is 0 Å². The highest BCUT2D eigenvalue weighted by molar-refractivity contribution is 5.07.